The zero-order valence-electron chi connectivity index (χ0n) is 13.5. The molecule has 0 N–H and O–H groups in total. The number of thiazole rings is 1. The maximum Gasteiger partial charge on any atom is 0.193 e. The van der Waals surface area contributed by atoms with Crippen LogP contribution in [0.4, 0.5) is 0 Å². The quantitative estimate of drug-likeness (QED) is 0.735. The summed E-state index contributed by atoms with van der Waals surface area (Å²) < 4.78 is 10.1. The van der Waals surface area contributed by atoms with Gasteiger partial charge in [-0.05, 0) is 19.9 Å². The Morgan fingerprint density at radius 1 is 1.39 bits per heavy atom. The second-order valence-electron chi connectivity index (χ2n) is 6.16. The van der Waals surface area contributed by atoms with Crippen LogP contribution in [0.5, 0.6) is 0 Å². The second kappa shape index (κ2) is 6.07. The first-order valence-electron chi connectivity index (χ1n) is 7.93. The summed E-state index contributed by atoms with van der Waals surface area (Å²) in [6.07, 6.45) is 4.36. The minimum atomic E-state index is 0.186. The summed E-state index contributed by atoms with van der Waals surface area (Å²) in [5.74, 6) is 0. The van der Waals surface area contributed by atoms with Crippen LogP contribution in [-0.4, -0.2) is 49.9 Å². The highest BCUT2D eigenvalue weighted by Crippen LogP contribution is 2.15. The Labute approximate surface area is 139 Å². The fourth-order valence-corrected chi connectivity index (χ4v) is 3.89. The van der Waals surface area contributed by atoms with E-state index in [0.29, 0.717) is 0 Å². The highest BCUT2D eigenvalue weighted by atomic mass is 32.1. The van der Waals surface area contributed by atoms with Crippen LogP contribution in [0.3, 0.4) is 0 Å². The van der Waals surface area contributed by atoms with E-state index < -0.39 is 0 Å². The fourth-order valence-electron chi connectivity index (χ4n) is 3.17. The van der Waals surface area contributed by atoms with Gasteiger partial charge in [-0.25, -0.2) is 4.98 Å². The first-order valence-corrected chi connectivity index (χ1v) is 8.81. The molecule has 1 atom stereocenters. The number of hydrogen-bond acceptors (Lipinski definition) is 5. The summed E-state index contributed by atoms with van der Waals surface area (Å²) in [5, 5.41) is 6.60. The maximum absolute atomic E-state index is 5.93. The molecule has 4 heterocycles. The summed E-state index contributed by atoms with van der Waals surface area (Å²) in [6.45, 7) is 8.47. The predicted octanol–water partition coefficient (Wildman–Crippen LogP) is 2.11. The number of morpholine rings is 1. The first kappa shape index (κ1) is 14.9. The number of rotatable bonds is 4. The first-order chi connectivity index (χ1) is 11.2. The van der Waals surface area contributed by atoms with E-state index >= 15 is 0 Å². The molecule has 0 radical (unpaired) electrons. The molecule has 0 aromatic carbocycles. The third kappa shape index (κ3) is 3.17. The van der Waals surface area contributed by atoms with Gasteiger partial charge >= 0.3 is 0 Å². The number of nitrogens with zero attached hydrogens (tertiary/aromatic N) is 5. The molecule has 7 heteroatoms. The number of aromatic nitrogens is 4. The lowest BCUT2D eigenvalue weighted by Gasteiger charge is -2.32. The van der Waals surface area contributed by atoms with Gasteiger partial charge in [-0.15, -0.1) is 11.3 Å². The average molecular weight is 331 g/mol. The minimum absolute atomic E-state index is 0.186. The van der Waals surface area contributed by atoms with E-state index in [-0.39, 0.29) is 6.10 Å². The molecule has 0 saturated carbocycles. The summed E-state index contributed by atoms with van der Waals surface area (Å²) in [7, 11) is 0. The van der Waals surface area contributed by atoms with Gasteiger partial charge in [0.2, 0.25) is 0 Å². The SMILES string of the molecule is Cc1cc(C)n(C[C@@H]2CN(Cc3cn4ccsc4n3)CCO2)n1. The molecule has 0 bridgehead atoms. The molecule has 6 nitrogen and oxygen atoms in total. The Balaban J connectivity index is 1.40. The zero-order chi connectivity index (χ0) is 15.8. The van der Waals surface area contributed by atoms with Crippen LogP contribution in [0.1, 0.15) is 17.1 Å². The normalized spacial score (nSPS) is 19.7. The maximum atomic E-state index is 5.93. The van der Waals surface area contributed by atoms with Gasteiger partial charge in [0, 0.05) is 43.1 Å². The molecule has 122 valence electrons. The van der Waals surface area contributed by atoms with Crippen LogP contribution in [0.15, 0.2) is 23.8 Å². The van der Waals surface area contributed by atoms with E-state index in [1.165, 1.54) is 5.69 Å². The molecule has 0 spiro atoms. The van der Waals surface area contributed by atoms with Crippen molar-refractivity contribution in [1.29, 1.82) is 0 Å². The second-order valence-corrected chi connectivity index (χ2v) is 7.04. The van der Waals surface area contributed by atoms with Crippen LogP contribution in [0.25, 0.3) is 4.96 Å². The van der Waals surface area contributed by atoms with Crippen LogP contribution in [0, 0.1) is 13.8 Å². The van der Waals surface area contributed by atoms with E-state index in [1.807, 2.05) is 6.92 Å². The van der Waals surface area contributed by atoms with E-state index in [0.717, 1.165) is 49.1 Å². The molecule has 0 aliphatic carbocycles. The van der Waals surface area contributed by atoms with Crippen molar-refractivity contribution < 1.29 is 4.74 Å². The van der Waals surface area contributed by atoms with Crippen LogP contribution in [-0.2, 0) is 17.8 Å². The number of ether oxygens (including phenoxy) is 1. The van der Waals surface area contributed by atoms with Gasteiger partial charge in [0.1, 0.15) is 0 Å². The lowest BCUT2D eigenvalue weighted by molar-refractivity contribution is -0.0407. The smallest absolute Gasteiger partial charge is 0.193 e. The minimum Gasteiger partial charge on any atom is -0.374 e. The Morgan fingerprint density at radius 3 is 3.09 bits per heavy atom. The highest BCUT2D eigenvalue weighted by Gasteiger charge is 2.22. The van der Waals surface area contributed by atoms with E-state index in [9.17, 15) is 0 Å². The van der Waals surface area contributed by atoms with Gasteiger partial charge in [-0.1, -0.05) is 0 Å². The molecular weight excluding hydrogens is 310 g/mol. The van der Waals surface area contributed by atoms with Crippen molar-refractivity contribution in [3.8, 4) is 0 Å². The Hall–Kier alpha value is -1.70. The standard InChI is InChI=1S/C16H21N5OS/c1-12-7-13(2)21(18-12)11-15-10-19(3-5-22-15)8-14-9-20-4-6-23-16(20)17-14/h4,6-7,9,15H,3,5,8,10-11H2,1-2H3/t15-/m0/s1. The molecule has 4 rings (SSSR count). The van der Waals surface area contributed by atoms with Gasteiger partial charge in [-0.2, -0.15) is 5.10 Å². The lowest BCUT2D eigenvalue weighted by Crippen LogP contribution is -2.44. The van der Waals surface area contributed by atoms with Crippen molar-refractivity contribution in [3.05, 3.63) is 40.9 Å². The largest absolute Gasteiger partial charge is 0.374 e. The fraction of sp³-hybridized carbons (Fsp3) is 0.500. The van der Waals surface area contributed by atoms with Crippen molar-refractivity contribution in [2.45, 2.75) is 33.0 Å². The van der Waals surface area contributed by atoms with Crippen molar-refractivity contribution >= 4 is 16.3 Å². The molecule has 1 saturated heterocycles. The third-order valence-corrected chi connectivity index (χ3v) is 5.00. The van der Waals surface area contributed by atoms with Gasteiger partial charge < -0.3 is 4.74 Å². The van der Waals surface area contributed by atoms with Crippen molar-refractivity contribution in [3.63, 3.8) is 0 Å². The molecule has 1 fully saturated rings. The molecule has 0 amide bonds. The molecule has 1 aliphatic heterocycles. The van der Waals surface area contributed by atoms with Gasteiger partial charge in [0.05, 0.1) is 30.6 Å². The Morgan fingerprint density at radius 2 is 2.30 bits per heavy atom. The molecule has 0 unspecified atom stereocenters. The molecule has 3 aromatic heterocycles. The van der Waals surface area contributed by atoms with E-state index in [1.54, 1.807) is 11.3 Å². The summed E-state index contributed by atoms with van der Waals surface area (Å²) >= 11 is 1.67. The third-order valence-electron chi connectivity index (χ3n) is 4.23. The van der Waals surface area contributed by atoms with Gasteiger partial charge in [0.15, 0.2) is 4.96 Å². The van der Waals surface area contributed by atoms with Crippen LogP contribution < -0.4 is 0 Å². The van der Waals surface area contributed by atoms with Crippen molar-refractivity contribution in [1.82, 2.24) is 24.1 Å². The van der Waals surface area contributed by atoms with E-state index in [4.69, 9.17) is 4.74 Å². The van der Waals surface area contributed by atoms with Crippen LogP contribution >= 0.6 is 11.3 Å². The predicted molar refractivity (Wildman–Crippen MR) is 89.8 cm³/mol. The summed E-state index contributed by atoms with van der Waals surface area (Å²) in [5.41, 5.74) is 3.38. The number of imidazole rings is 1. The number of fused-ring (bicyclic) bond motifs is 1. The summed E-state index contributed by atoms with van der Waals surface area (Å²) in [6, 6.07) is 2.11. The Kier molecular flexibility index (Phi) is 3.92. The van der Waals surface area contributed by atoms with Crippen LogP contribution in [0.2, 0.25) is 0 Å². The molecular formula is C16H21N5OS. The Bertz CT molecular complexity index is 776. The topological polar surface area (TPSA) is 47.6 Å². The average Bonchev–Trinajstić information content (AvgIpc) is 3.15. The van der Waals surface area contributed by atoms with Crippen molar-refractivity contribution in [2.24, 2.45) is 0 Å². The molecule has 1 aliphatic rings. The summed E-state index contributed by atoms with van der Waals surface area (Å²) in [4.78, 5) is 8.16. The van der Waals surface area contributed by atoms with E-state index in [2.05, 4.69) is 54.8 Å². The van der Waals surface area contributed by atoms with Gasteiger partial charge in [-0.3, -0.25) is 14.0 Å². The molecule has 23 heavy (non-hydrogen) atoms. The van der Waals surface area contributed by atoms with Crippen molar-refractivity contribution in [2.75, 3.05) is 19.7 Å². The zero-order valence-corrected chi connectivity index (χ0v) is 14.3. The monoisotopic (exact) mass is 331 g/mol. The highest BCUT2D eigenvalue weighted by molar-refractivity contribution is 7.15. The number of aryl methyl sites for hydroxylation is 2. The molecule has 3 aromatic rings. The van der Waals surface area contributed by atoms with Gasteiger partial charge in [0.25, 0.3) is 0 Å². The lowest BCUT2D eigenvalue weighted by atomic mass is 10.2. The number of hydrogen-bond donors (Lipinski definition) is 0.